The van der Waals surface area contributed by atoms with Crippen LogP contribution < -0.4 is 5.32 Å². The molecule has 0 aromatic carbocycles. The van der Waals surface area contributed by atoms with Crippen molar-refractivity contribution < 1.29 is 0 Å². The molecule has 1 fully saturated rings. The van der Waals surface area contributed by atoms with Crippen molar-refractivity contribution in [2.75, 3.05) is 0 Å². The van der Waals surface area contributed by atoms with Gasteiger partial charge in [0, 0.05) is 17.0 Å². The number of thiophene rings is 1. The highest BCUT2D eigenvalue weighted by molar-refractivity contribution is 9.11. The fourth-order valence-corrected chi connectivity index (χ4v) is 5.60. The molecule has 0 aliphatic heterocycles. The lowest BCUT2D eigenvalue weighted by molar-refractivity contribution is 0.257. The zero-order chi connectivity index (χ0) is 13.2. The van der Waals surface area contributed by atoms with E-state index >= 15 is 0 Å². The number of hydrogen-bond donors (Lipinski definition) is 1. The van der Waals surface area contributed by atoms with E-state index in [1.54, 1.807) is 10.4 Å². The van der Waals surface area contributed by atoms with Crippen LogP contribution in [0.15, 0.2) is 9.85 Å². The third-order valence-electron chi connectivity index (χ3n) is 4.90. The number of rotatable bonds is 3. The normalized spacial score (nSPS) is 26.1. The zero-order valence-electron chi connectivity index (χ0n) is 11.8. The predicted molar refractivity (Wildman–Crippen MR) is 86.9 cm³/mol. The highest BCUT2D eigenvalue weighted by Gasteiger charge is 2.27. The molecular weight excluding hydrogens is 318 g/mol. The highest BCUT2D eigenvalue weighted by atomic mass is 79.9. The van der Waals surface area contributed by atoms with Gasteiger partial charge in [0.05, 0.1) is 3.79 Å². The highest BCUT2D eigenvalue weighted by Crippen LogP contribution is 2.39. The Kier molecular flexibility index (Phi) is 4.66. The smallest absolute Gasteiger partial charge is 0.0704 e. The first-order chi connectivity index (χ1) is 9.24. The Hall–Kier alpha value is 0.140. The molecule has 106 valence electrons. The molecule has 1 nitrogen and oxygen atoms in total. The van der Waals surface area contributed by atoms with Crippen molar-refractivity contribution in [3.05, 3.63) is 20.3 Å². The molecule has 19 heavy (non-hydrogen) atoms. The Morgan fingerprint density at radius 3 is 2.79 bits per heavy atom. The van der Waals surface area contributed by atoms with Crippen molar-refractivity contribution >= 4 is 27.3 Å². The summed E-state index contributed by atoms with van der Waals surface area (Å²) in [6, 6.07) is 3.63. The van der Waals surface area contributed by atoms with E-state index in [1.165, 1.54) is 55.2 Å². The van der Waals surface area contributed by atoms with E-state index in [-0.39, 0.29) is 0 Å². The average molecular weight is 342 g/mol. The molecule has 0 amide bonds. The van der Waals surface area contributed by atoms with Gasteiger partial charge in [-0.2, -0.15) is 0 Å². The van der Waals surface area contributed by atoms with Crippen molar-refractivity contribution in [1.29, 1.82) is 0 Å². The van der Waals surface area contributed by atoms with Crippen LogP contribution in [0.4, 0.5) is 0 Å². The van der Waals surface area contributed by atoms with E-state index in [0.717, 1.165) is 5.92 Å². The summed E-state index contributed by atoms with van der Waals surface area (Å²) in [5.74, 6) is 0.904. The van der Waals surface area contributed by atoms with Crippen LogP contribution in [-0.4, -0.2) is 6.04 Å². The van der Waals surface area contributed by atoms with Gasteiger partial charge >= 0.3 is 0 Å². The van der Waals surface area contributed by atoms with Gasteiger partial charge in [-0.1, -0.05) is 19.3 Å². The molecule has 2 aliphatic carbocycles. The number of halogens is 1. The van der Waals surface area contributed by atoms with Gasteiger partial charge in [0.15, 0.2) is 0 Å². The maximum absolute atomic E-state index is 3.94. The minimum atomic E-state index is 0.600. The summed E-state index contributed by atoms with van der Waals surface area (Å²) in [7, 11) is 0. The lowest BCUT2D eigenvalue weighted by Crippen LogP contribution is -2.38. The van der Waals surface area contributed by atoms with Crippen LogP contribution in [0, 0.1) is 5.92 Å². The third-order valence-corrected chi connectivity index (χ3v) is 6.62. The second kappa shape index (κ2) is 6.28. The van der Waals surface area contributed by atoms with E-state index in [0.29, 0.717) is 12.1 Å². The molecule has 2 aliphatic rings. The molecule has 3 rings (SSSR count). The van der Waals surface area contributed by atoms with Gasteiger partial charge in [0.2, 0.25) is 0 Å². The molecule has 1 saturated carbocycles. The summed E-state index contributed by atoms with van der Waals surface area (Å²) in [5, 5.41) is 3.94. The Labute approximate surface area is 129 Å². The number of hydrogen-bond acceptors (Lipinski definition) is 2. The summed E-state index contributed by atoms with van der Waals surface area (Å²) in [5.41, 5.74) is 1.57. The minimum Gasteiger partial charge on any atom is -0.307 e. The fourth-order valence-electron chi connectivity index (χ4n) is 3.78. The molecule has 1 aromatic rings. The van der Waals surface area contributed by atoms with Crippen LogP contribution in [0.5, 0.6) is 0 Å². The fraction of sp³-hybridized carbons (Fsp3) is 0.750. The van der Waals surface area contributed by atoms with E-state index in [1.807, 2.05) is 11.3 Å². The van der Waals surface area contributed by atoms with Gasteiger partial charge in [-0.05, 0) is 72.5 Å². The minimum absolute atomic E-state index is 0.600. The number of nitrogens with one attached hydrogen (secondary N) is 1. The summed E-state index contributed by atoms with van der Waals surface area (Å²) in [4.78, 5) is 1.60. The number of fused-ring (bicyclic) bond motifs is 1. The molecule has 0 spiro atoms. The topological polar surface area (TPSA) is 12.0 Å². The molecule has 2 unspecified atom stereocenters. The van der Waals surface area contributed by atoms with Gasteiger partial charge in [-0.25, -0.2) is 0 Å². The molecule has 3 heteroatoms. The lowest BCUT2D eigenvalue weighted by atomic mass is 9.83. The molecule has 2 atom stereocenters. The Balaban J connectivity index is 1.66. The summed E-state index contributed by atoms with van der Waals surface area (Å²) in [6.07, 6.45) is 11.1. The van der Waals surface area contributed by atoms with Crippen molar-refractivity contribution in [1.82, 2.24) is 5.32 Å². The maximum atomic E-state index is 3.94. The largest absolute Gasteiger partial charge is 0.307 e. The molecule has 1 heterocycles. The van der Waals surface area contributed by atoms with Crippen molar-refractivity contribution in [2.24, 2.45) is 5.92 Å². The van der Waals surface area contributed by atoms with E-state index < -0.39 is 0 Å². The van der Waals surface area contributed by atoms with Gasteiger partial charge in [-0.3, -0.25) is 0 Å². The summed E-state index contributed by atoms with van der Waals surface area (Å²) in [6.45, 7) is 2.41. The summed E-state index contributed by atoms with van der Waals surface area (Å²) >= 11 is 5.59. The Morgan fingerprint density at radius 2 is 2.00 bits per heavy atom. The van der Waals surface area contributed by atoms with Crippen LogP contribution in [0.3, 0.4) is 0 Å². The number of aryl methyl sites for hydroxylation is 1. The standard InChI is InChI=1S/C16H24BrNS/c1-11(12-6-3-2-4-7-12)18-14-8-5-9-15-13(14)10-16(17)19-15/h10-12,14,18H,2-9H2,1H3. The molecule has 1 N–H and O–H groups in total. The van der Waals surface area contributed by atoms with Crippen molar-refractivity contribution in [2.45, 2.75) is 70.4 Å². The Bertz CT molecular complexity index is 422. The SMILES string of the molecule is CC(NC1CCCc2sc(Br)cc21)C1CCCCC1. The van der Waals surface area contributed by atoms with E-state index in [9.17, 15) is 0 Å². The lowest BCUT2D eigenvalue weighted by Gasteiger charge is -2.33. The van der Waals surface area contributed by atoms with Gasteiger partial charge in [0.25, 0.3) is 0 Å². The quantitative estimate of drug-likeness (QED) is 0.770. The monoisotopic (exact) mass is 341 g/mol. The first-order valence-electron chi connectivity index (χ1n) is 7.78. The van der Waals surface area contributed by atoms with Crippen LogP contribution in [-0.2, 0) is 6.42 Å². The second-order valence-corrected chi connectivity index (χ2v) is 8.74. The molecular formula is C16H24BrNS. The second-order valence-electron chi connectivity index (χ2n) is 6.23. The van der Waals surface area contributed by atoms with Gasteiger partial charge in [0.1, 0.15) is 0 Å². The molecule has 1 aromatic heterocycles. The summed E-state index contributed by atoms with van der Waals surface area (Å²) < 4.78 is 1.30. The molecule has 0 radical (unpaired) electrons. The van der Waals surface area contributed by atoms with Crippen LogP contribution in [0.2, 0.25) is 0 Å². The first-order valence-corrected chi connectivity index (χ1v) is 9.39. The van der Waals surface area contributed by atoms with Gasteiger partial charge < -0.3 is 5.32 Å². The van der Waals surface area contributed by atoms with Crippen LogP contribution in [0.1, 0.15) is 68.4 Å². The van der Waals surface area contributed by atoms with Gasteiger partial charge in [-0.15, -0.1) is 11.3 Å². The zero-order valence-corrected chi connectivity index (χ0v) is 14.2. The van der Waals surface area contributed by atoms with E-state index in [4.69, 9.17) is 0 Å². The molecule has 0 saturated heterocycles. The van der Waals surface area contributed by atoms with Crippen LogP contribution in [0.25, 0.3) is 0 Å². The average Bonchev–Trinajstić information content (AvgIpc) is 2.81. The first kappa shape index (κ1) is 14.1. The van der Waals surface area contributed by atoms with Crippen molar-refractivity contribution in [3.63, 3.8) is 0 Å². The maximum Gasteiger partial charge on any atom is 0.0704 e. The Morgan fingerprint density at radius 1 is 1.21 bits per heavy atom. The molecule has 0 bridgehead atoms. The van der Waals surface area contributed by atoms with Crippen LogP contribution >= 0.6 is 27.3 Å². The van der Waals surface area contributed by atoms with E-state index in [2.05, 4.69) is 34.2 Å². The third kappa shape index (κ3) is 3.25. The predicted octanol–water partition coefficient (Wildman–Crippen LogP) is 5.45. The van der Waals surface area contributed by atoms with Crippen molar-refractivity contribution in [3.8, 4) is 0 Å².